The minimum atomic E-state index is 0.175. The number of benzene rings is 1. The number of carbonyl (C=O) groups excluding carboxylic acids is 1. The second kappa shape index (κ2) is 5.83. The van der Waals surface area contributed by atoms with Crippen molar-refractivity contribution in [3.63, 3.8) is 0 Å². The summed E-state index contributed by atoms with van der Waals surface area (Å²) in [6, 6.07) is 8.64. The van der Waals surface area contributed by atoms with Gasteiger partial charge in [0.15, 0.2) is 0 Å². The number of methoxy groups -OCH3 is 1. The zero-order chi connectivity index (χ0) is 13.9. The summed E-state index contributed by atoms with van der Waals surface area (Å²) >= 11 is 0. The van der Waals surface area contributed by atoms with Crippen molar-refractivity contribution in [2.45, 2.75) is 31.8 Å². The Morgan fingerprint density at radius 2 is 2.05 bits per heavy atom. The largest absolute Gasteiger partial charge is 0.497 e. The first-order valence-electron chi connectivity index (χ1n) is 7.40. The van der Waals surface area contributed by atoms with Crippen LogP contribution in [0.5, 0.6) is 5.75 Å². The van der Waals surface area contributed by atoms with E-state index in [1.165, 1.54) is 5.56 Å². The van der Waals surface area contributed by atoms with Gasteiger partial charge in [0.05, 0.1) is 13.0 Å². The fourth-order valence-corrected chi connectivity index (χ4v) is 2.73. The number of nitrogens with one attached hydrogen (secondary N) is 1. The van der Waals surface area contributed by atoms with Gasteiger partial charge in [-0.2, -0.15) is 0 Å². The van der Waals surface area contributed by atoms with Crippen molar-refractivity contribution >= 4 is 5.91 Å². The molecule has 1 heterocycles. The molecule has 4 nitrogen and oxygen atoms in total. The van der Waals surface area contributed by atoms with Crippen LogP contribution < -0.4 is 10.1 Å². The molecule has 2 fully saturated rings. The molecule has 20 heavy (non-hydrogen) atoms. The standard InChI is InChI=1S/C16H22N2O2/c1-20-15-6-2-12(3-7-15)10-18-9-8-13(11-18)16(19)17-14-4-5-14/h2-3,6-7,13-14H,4-5,8-11H2,1H3,(H,17,19). The van der Waals surface area contributed by atoms with Crippen LogP contribution >= 0.6 is 0 Å². The van der Waals surface area contributed by atoms with Crippen LogP contribution in [0.2, 0.25) is 0 Å². The van der Waals surface area contributed by atoms with E-state index in [1.54, 1.807) is 7.11 Å². The van der Waals surface area contributed by atoms with E-state index in [0.717, 1.165) is 44.6 Å². The average molecular weight is 274 g/mol. The fourth-order valence-electron chi connectivity index (χ4n) is 2.73. The number of likely N-dealkylation sites (tertiary alicyclic amines) is 1. The Hall–Kier alpha value is -1.55. The summed E-state index contributed by atoms with van der Waals surface area (Å²) in [5.41, 5.74) is 1.27. The number of hydrogen-bond donors (Lipinski definition) is 1. The number of hydrogen-bond acceptors (Lipinski definition) is 3. The normalized spacial score (nSPS) is 22.8. The quantitative estimate of drug-likeness (QED) is 0.890. The summed E-state index contributed by atoms with van der Waals surface area (Å²) in [6.45, 7) is 2.80. The molecule has 1 unspecified atom stereocenters. The molecule has 1 atom stereocenters. The smallest absolute Gasteiger partial charge is 0.224 e. The van der Waals surface area contributed by atoms with Crippen molar-refractivity contribution in [3.05, 3.63) is 29.8 Å². The van der Waals surface area contributed by atoms with Gasteiger partial charge >= 0.3 is 0 Å². The van der Waals surface area contributed by atoms with Crippen LogP contribution in [-0.4, -0.2) is 37.0 Å². The molecule has 0 radical (unpaired) electrons. The molecule has 0 bridgehead atoms. The molecule has 1 aromatic carbocycles. The molecule has 1 aromatic rings. The predicted octanol–water partition coefficient (Wildman–Crippen LogP) is 1.80. The lowest BCUT2D eigenvalue weighted by molar-refractivity contribution is -0.124. The summed E-state index contributed by atoms with van der Waals surface area (Å²) in [5, 5.41) is 3.11. The molecular weight excluding hydrogens is 252 g/mol. The molecular formula is C16H22N2O2. The SMILES string of the molecule is COc1ccc(CN2CCC(C(=O)NC3CC3)C2)cc1. The molecule has 108 valence electrons. The molecule has 0 spiro atoms. The summed E-state index contributed by atoms with van der Waals surface area (Å²) in [4.78, 5) is 14.4. The van der Waals surface area contributed by atoms with E-state index in [2.05, 4.69) is 22.3 Å². The van der Waals surface area contributed by atoms with E-state index >= 15 is 0 Å². The maximum Gasteiger partial charge on any atom is 0.224 e. The minimum absolute atomic E-state index is 0.175. The van der Waals surface area contributed by atoms with E-state index in [0.29, 0.717) is 6.04 Å². The number of rotatable bonds is 5. The van der Waals surface area contributed by atoms with Crippen LogP contribution in [0.25, 0.3) is 0 Å². The maximum atomic E-state index is 12.0. The first-order chi connectivity index (χ1) is 9.74. The van der Waals surface area contributed by atoms with Crippen molar-refractivity contribution in [2.75, 3.05) is 20.2 Å². The van der Waals surface area contributed by atoms with Gasteiger partial charge in [0.1, 0.15) is 5.75 Å². The molecule has 1 aliphatic carbocycles. The summed E-state index contributed by atoms with van der Waals surface area (Å²) in [7, 11) is 1.68. The third kappa shape index (κ3) is 3.31. The lowest BCUT2D eigenvalue weighted by Crippen LogP contribution is -2.34. The predicted molar refractivity (Wildman–Crippen MR) is 77.5 cm³/mol. The van der Waals surface area contributed by atoms with Gasteiger partial charge in [-0.1, -0.05) is 12.1 Å². The van der Waals surface area contributed by atoms with Crippen LogP contribution in [0, 0.1) is 5.92 Å². The molecule has 3 rings (SSSR count). The molecule has 2 aliphatic rings. The van der Waals surface area contributed by atoms with E-state index in [-0.39, 0.29) is 11.8 Å². The van der Waals surface area contributed by atoms with Gasteiger partial charge < -0.3 is 10.1 Å². The van der Waals surface area contributed by atoms with Gasteiger partial charge in [-0.3, -0.25) is 9.69 Å². The third-order valence-electron chi connectivity index (χ3n) is 4.13. The number of carbonyl (C=O) groups is 1. The van der Waals surface area contributed by atoms with Gasteiger partial charge in [-0.05, 0) is 43.5 Å². The molecule has 1 saturated heterocycles. The third-order valence-corrected chi connectivity index (χ3v) is 4.13. The lowest BCUT2D eigenvalue weighted by Gasteiger charge is -2.16. The lowest BCUT2D eigenvalue weighted by atomic mass is 10.1. The Morgan fingerprint density at radius 1 is 1.30 bits per heavy atom. The zero-order valence-corrected chi connectivity index (χ0v) is 12.0. The molecule has 4 heteroatoms. The van der Waals surface area contributed by atoms with Crippen LogP contribution in [0.4, 0.5) is 0 Å². The zero-order valence-electron chi connectivity index (χ0n) is 12.0. The van der Waals surface area contributed by atoms with Gasteiger partial charge in [0.25, 0.3) is 0 Å². The van der Waals surface area contributed by atoms with Gasteiger partial charge in [-0.15, -0.1) is 0 Å². The summed E-state index contributed by atoms with van der Waals surface area (Å²) in [5.74, 6) is 1.32. The molecule has 0 aromatic heterocycles. The Kier molecular flexibility index (Phi) is 3.92. The van der Waals surface area contributed by atoms with Crippen molar-refractivity contribution in [3.8, 4) is 5.75 Å². The highest BCUT2D eigenvalue weighted by Gasteiger charge is 2.31. The average Bonchev–Trinajstić information content (AvgIpc) is 3.15. The molecule has 1 saturated carbocycles. The summed E-state index contributed by atoms with van der Waals surface area (Å²) in [6.07, 6.45) is 3.30. The molecule has 1 aliphatic heterocycles. The number of nitrogens with zero attached hydrogens (tertiary/aromatic N) is 1. The molecule has 1 amide bonds. The van der Waals surface area contributed by atoms with Gasteiger partial charge in [-0.25, -0.2) is 0 Å². The highest BCUT2D eigenvalue weighted by molar-refractivity contribution is 5.79. The first kappa shape index (κ1) is 13.4. The van der Waals surface area contributed by atoms with Crippen LogP contribution in [0.3, 0.4) is 0 Å². The first-order valence-corrected chi connectivity index (χ1v) is 7.40. The fraction of sp³-hybridized carbons (Fsp3) is 0.562. The van der Waals surface area contributed by atoms with E-state index < -0.39 is 0 Å². The minimum Gasteiger partial charge on any atom is -0.497 e. The monoisotopic (exact) mass is 274 g/mol. The van der Waals surface area contributed by atoms with Crippen LogP contribution in [0.15, 0.2) is 24.3 Å². The van der Waals surface area contributed by atoms with Crippen LogP contribution in [-0.2, 0) is 11.3 Å². The van der Waals surface area contributed by atoms with Crippen molar-refractivity contribution < 1.29 is 9.53 Å². The van der Waals surface area contributed by atoms with Crippen molar-refractivity contribution in [1.29, 1.82) is 0 Å². The number of ether oxygens (including phenoxy) is 1. The van der Waals surface area contributed by atoms with E-state index in [9.17, 15) is 4.79 Å². The number of amides is 1. The summed E-state index contributed by atoms with van der Waals surface area (Å²) < 4.78 is 5.16. The van der Waals surface area contributed by atoms with Gasteiger partial charge in [0, 0.05) is 19.1 Å². The second-order valence-electron chi connectivity index (χ2n) is 5.85. The molecule has 1 N–H and O–H groups in total. The Bertz CT molecular complexity index is 468. The Labute approximate surface area is 120 Å². The van der Waals surface area contributed by atoms with E-state index in [1.807, 2.05) is 12.1 Å². The van der Waals surface area contributed by atoms with Crippen LogP contribution in [0.1, 0.15) is 24.8 Å². The Morgan fingerprint density at radius 3 is 2.70 bits per heavy atom. The van der Waals surface area contributed by atoms with Crippen molar-refractivity contribution in [2.24, 2.45) is 5.92 Å². The van der Waals surface area contributed by atoms with Gasteiger partial charge in [0.2, 0.25) is 5.91 Å². The maximum absolute atomic E-state index is 12.0. The van der Waals surface area contributed by atoms with Crippen molar-refractivity contribution in [1.82, 2.24) is 10.2 Å². The highest BCUT2D eigenvalue weighted by Crippen LogP contribution is 2.23. The second-order valence-corrected chi connectivity index (χ2v) is 5.85. The Balaban J connectivity index is 1.50. The topological polar surface area (TPSA) is 41.6 Å². The highest BCUT2D eigenvalue weighted by atomic mass is 16.5. The van der Waals surface area contributed by atoms with E-state index in [4.69, 9.17) is 4.74 Å².